The molecule has 0 spiro atoms. The van der Waals surface area contributed by atoms with Crippen molar-refractivity contribution in [3.8, 4) is 11.5 Å². The van der Waals surface area contributed by atoms with Crippen molar-refractivity contribution >= 4 is 27.7 Å². The Balaban J connectivity index is 1.73. The molecule has 1 fully saturated rings. The summed E-state index contributed by atoms with van der Waals surface area (Å²) in [7, 11) is -3.46. The van der Waals surface area contributed by atoms with E-state index in [0.29, 0.717) is 31.9 Å². The number of rotatable bonds is 10. The van der Waals surface area contributed by atoms with Gasteiger partial charge < -0.3 is 14.8 Å². The predicted octanol–water partition coefficient (Wildman–Crippen LogP) is 2.45. The second-order valence-corrected chi connectivity index (χ2v) is 10.9. The summed E-state index contributed by atoms with van der Waals surface area (Å²) in [5, 5.41) is 3.05. The molecule has 0 bridgehead atoms. The summed E-state index contributed by atoms with van der Waals surface area (Å²) in [5.41, 5.74) is 0.971. The number of benzene rings is 1. The van der Waals surface area contributed by atoms with Crippen LogP contribution in [-0.2, 0) is 20.2 Å². The lowest BCUT2D eigenvalue weighted by molar-refractivity contribution is -0.123. The Kier molecular flexibility index (Phi) is 7.92. The number of ether oxygens (including phenoxy) is 2. The third-order valence-corrected chi connectivity index (χ3v) is 7.99. The number of nitrogens with one attached hydrogen (secondary N) is 2. The molecule has 1 heterocycles. The van der Waals surface area contributed by atoms with Crippen molar-refractivity contribution in [2.75, 3.05) is 37.5 Å². The van der Waals surface area contributed by atoms with E-state index >= 15 is 0 Å². The number of hydrogen-bond acceptors (Lipinski definition) is 6. The number of hydrogen-bond donors (Lipinski definition) is 2. The SMILES string of the molecule is CCS(=O)(=O)NC(CCSC)C(=O)NCC1(c2ccc3c(c2)OCCO3)CCCC1. The van der Waals surface area contributed by atoms with Crippen LogP contribution in [0.2, 0.25) is 0 Å². The highest BCUT2D eigenvalue weighted by atomic mass is 32.2. The molecule has 0 radical (unpaired) electrons. The molecule has 1 aliphatic carbocycles. The van der Waals surface area contributed by atoms with E-state index in [0.717, 1.165) is 42.7 Å². The molecule has 30 heavy (non-hydrogen) atoms. The fourth-order valence-corrected chi connectivity index (χ4v) is 5.45. The van der Waals surface area contributed by atoms with Crippen LogP contribution in [0.4, 0.5) is 0 Å². The van der Waals surface area contributed by atoms with Crippen LogP contribution in [-0.4, -0.2) is 57.9 Å². The molecular weight excluding hydrogens is 424 g/mol. The molecule has 0 aromatic heterocycles. The number of sulfonamides is 1. The molecule has 7 nitrogen and oxygen atoms in total. The zero-order chi connectivity index (χ0) is 21.6. The van der Waals surface area contributed by atoms with Crippen LogP contribution in [0.5, 0.6) is 11.5 Å². The summed E-state index contributed by atoms with van der Waals surface area (Å²) in [6.07, 6.45) is 6.56. The fraction of sp³-hybridized carbons (Fsp3) is 0.667. The Labute approximate surface area is 183 Å². The fourth-order valence-electron chi connectivity index (χ4n) is 4.15. The van der Waals surface area contributed by atoms with Gasteiger partial charge in [0.25, 0.3) is 0 Å². The van der Waals surface area contributed by atoms with E-state index in [1.54, 1.807) is 18.7 Å². The number of fused-ring (bicyclic) bond motifs is 1. The molecule has 1 atom stereocenters. The maximum absolute atomic E-state index is 12.9. The molecule has 1 aliphatic heterocycles. The number of amides is 1. The summed E-state index contributed by atoms with van der Waals surface area (Å²) >= 11 is 1.59. The molecule has 1 amide bonds. The van der Waals surface area contributed by atoms with Crippen LogP contribution in [0.3, 0.4) is 0 Å². The first-order valence-corrected chi connectivity index (χ1v) is 13.6. The molecule has 3 rings (SSSR count). The first-order chi connectivity index (χ1) is 14.4. The molecule has 2 aliphatic rings. The monoisotopic (exact) mass is 456 g/mol. The second-order valence-electron chi connectivity index (χ2n) is 7.92. The van der Waals surface area contributed by atoms with Gasteiger partial charge in [0.1, 0.15) is 19.3 Å². The zero-order valence-corrected chi connectivity index (χ0v) is 19.4. The molecule has 1 saturated carbocycles. The Morgan fingerprint density at radius 1 is 1.20 bits per heavy atom. The lowest BCUT2D eigenvalue weighted by atomic mass is 9.78. The van der Waals surface area contributed by atoms with Crippen LogP contribution in [0, 0.1) is 0 Å². The lowest BCUT2D eigenvalue weighted by Gasteiger charge is -2.32. The molecule has 2 N–H and O–H groups in total. The zero-order valence-electron chi connectivity index (χ0n) is 17.7. The average molecular weight is 457 g/mol. The van der Waals surface area contributed by atoms with Gasteiger partial charge in [-0.1, -0.05) is 18.9 Å². The Hall–Kier alpha value is -1.45. The lowest BCUT2D eigenvalue weighted by Crippen LogP contribution is -2.50. The highest BCUT2D eigenvalue weighted by Gasteiger charge is 2.37. The first-order valence-electron chi connectivity index (χ1n) is 10.6. The second kappa shape index (κ2) is 10.2. The average Bonchev–Trinajstić information content (AvgIpc) is 3.25. The minimum atomic E-state index is -3.46. The van der Waals surface area contributed by atoms with Crippen LogP contribution in [0.25, 0.3) is 0 Å². The van der Waals surface area contributed by atoms with Gasteiger partial charge in [0.15, 0.2) is 11.5 Å². The van der Waals surface area contributed by atoms with Crippen LogP contribution in [0.15, 0.2) is 18.2 Å². The van der Waals surface area contributed by atoms with Gasteiger partial charge in [-0.25, -0.2) is 13.1 Å². The van der Waals surface area contributed by atoms with Gasteiger partial charge in [-0.15, -0.1) is 0 Å². The van der Waals surface area contributed by atoms with Gasteiger partial charge in [-0.2, -0.15) is 11.8 Å². The van der Waals surface area contributed by atoms with Gasteiger partial charge >= 0.3 is 0 Å². The van der Waals surface area contributed by atoms with E-state index in [2.05, 4.69) is 16.1 Å². The van der Waals surface area contributed by atoms with Gasteiger partial charge in [0, 0.05) is 12.0 Å². The van der Waals surface area contributed by atoms with E-state index in [4.69, 9.17) is 9.47 Å². The minimum Gasteiger partial charge on any atom is -0.486 e. The van der Waals surface area contributed by atoms with Gasteiger partial charge in [-0.3, -0.25) is 4.79 Å². The topological polar surface area (TPSA) is 93.7 Å². The first kappa shape index (κ1) is 23.2. The van der Waals surface area contributed by atoms with Crippen LogP contribution >= 0.6 is 11.8 Å². The molecular formula is C21H32N2O5S2. The van der Waals surface area contributed by atoms with E-state index in [1.165, 1.54) is 0 Å². The highest BCUT2D eigenvalue weighted by Crippen LogP contribution is 2.43. The summed E-state index contributed by atoms with van der Waals surface area (Å²) < 4.78 is 38.0. The summed E-state index contributed by atoms with van der Waals surface area (Å²) in [5.74, 6) is 1.91. The summed E-state index contributed by atoms with van der Waals surface area (Å²) in [6, 6.07) is 5.30. The number of carbonyl (C=O) groups excluding carboxylic acids is 1. The van der Waals surface area contributed by atoms with E-state index in [9.17, 15) is 13.2 Å². The molecule has 1 aromatic rings. The van der Waals surface area contributed by atoms with Crippen molar-refractivity contribution in [1.29, 1.82) is 0 Å². The van der Waals surface area contributed by atoms with Crippen molar-refractivity contribution in [1.82, 2.24) is 10.0 Å². The highest BCUT2D eigenvalue weighted by molar-refractivity contribution is 7.98. The minimum absolute atomic E-state index is 0.0445. The van der Waals surface area contributed by atoms with Gasteiger partial charge in [-0.05, 0) is 55.9 Å². The van der Waals surface area contributed by atoms with Crippen molar-refractivity contribution in [2.24, 2.45) is 0 Å². The molecule has 1 unspecified atom stereocenters. The molecule has 168 valence electrons. The van der Waals surface area contributed by atoms with Crippen molar-refractivity contribution in [2.45, 2.75) is 50.5 Å². The van der Waals surface area contributed by atoms with Crippen LogP contribution in [0.1, 0.15) is 44.6 Å². The maximum atomic E-state index is 12.9. The predicted molar refractivity (Wildman–Crippen MR) is 120 cm³/mol. The third kappa shape index (κ3) is 5.62. The van der Waals surface area contributed by atoms with Crippen LogP contribution < -0.4 is 19.5 Å². The Morgan fingerprint density at radius 2 is 1.90 bits per heavy atom. The van der Waals surface area contributed by atoms with E-state index in [1.807, 2.05) is 18.4 Å². The van der Waals surface area contributed by atoms with Crippen molar-refractivity contribution < 1.29 is 22.7 Å². The normalized spacial score (nSPS) is 18.7. The van der Waals surface area contributed by atoms with Gasteiger partial charge in [0.05, 0.1) is 5.75 Å². The Bertz CT molecular complexity index is 838. The number of thioether (sulfide) groups is 1. The third-order valence-electron chi connectivity index (χ3n) is 5.95. The van der Waals surface area contributed by atoms with E-state index < -0.39 is 16.1 Å². The molecule has 9 heteroatoms. The summed E-state index contributed by atoms with van der Waals surface area (Å²) in [4.78, 5) is 12.9. The number of carbonyl (C=O) groups is 1. The quantitative estimate of drug-likeness (QED) is 0.562. The summed E-state index contributed by atoms with van der Waals surface area (Å²) in [6.45, 7) is 3.14. The van der Waals surface area contributed by atoms with Crippen molar-refractivity contribution in [3.63, 3.8) is 0 Å². The standard InChI is InChI=1S/C21H32N2O5S2/c1-3-30(25,26)23-17(8-13-29-2)20(24)22-15-21(9-4-5-10-21)16-6-7-18-19(14-16)28-12-11-27-18/h6-7,14,17,23H,3-5,8-13,15H2,1-2H3,(H,22,24). The van der Waals surface area contributed by atoms with Gasteiger partial charge in [0.2, 0.25) is 15.9 Å². The largest absolute Gasteiger partial charge is 0.486 e. The Morgan fingerprint density at radius 3 is 2.57 bits per heavy atom. The molecule has 0 saturated heterocycles. The van der Waals surface area contributed by atoms with Crippen molar-refractivity contribution in [3.05, 3.63) is 23.8 Å². The van der Waals surface area contributed by atoms with E-state index in [-0.39, 0.29) is 17.1 Å². The maximum Gasteiger partial charge on any atom is 0.238 e. The smallest absolute Gasteiger partial charge is 0.238 e. The molecule has 1 aromatic carbocycles.